The second-order valence-corrected chi connectivity index (χ2v) is 7.49. The van der Waals surface area contributed by atoms with E-state index in [1.54, 1.807) is 12.1 Å². The van der Waals surface area contributed by atoms with Gasteiger partial charge in [0.2, 0.25) is 6.73 Å². The summed E-state index contributed by atoms with van der Waals surface area (Å²) in [6.45, 7) is 4.90. The van der Waals surface area contributed by atoms with Gasteiger partial charge in [0, 0.05) is 12.0 Å². The Bertz CT molecular complexity index is 776. The van der Waals surface area contributed by atoms with E-state index < -0.39 is 0 Å². The predicted octanol–water partition coefficient (Wildman–Crippen LogP) is 2.98. The maximum Gasteiger partial charge on any atom is 0.342 e. The molecule has 7 heteroatoms. The number of unbranched alkanes of at least 4 members (excludes halogenated alkanes) is 3. The van der Waals surface area contributed by atoms with Gasteiger partial charge < -0.3 is 9.47 Å². The second kappa shape index (κ2) is 10.9. The van der Waals surface area contributed by atoms with Crippen molar-refractivity contribution in [2.24, 2.45) is 0 Å². The van der Waals surface area contributed by atoms with Gasteiger partial charge in [-0.05, 0) is 18.6 Å². The number of aromatic nitrogens is 2. The molecule has 0 aliphatic carbocycles. The molecular weight excluding hydrogens is 374 g/mol. The lowest BCUT2D eigenvalue weighted by molar-refractivity contribution is -0.910. The average Bonchev–Trinajstić information content (AvgIpc) is 3.21. The summed E-state index contributed by atoms with van der Waals surface area (Å²) in [4.78, 5) is 13.4. The van der Waals surface area contributed by atoms with Gasteiger partial charge in [0.15, 0.2) is 0 Å². The number of esters is 1. The van der Waals surface area contributed by atoms with Crippen LogP contribution in [0, 0.1) is 0 Å². The Morgan fingerprint density at radius 1 is 1.18 bits per heavy atom. The lowest BCUT2D eigenvalue weighted by atomic mass is 10.1. The Kier molecular flexibility index (Phi) is 7.99. The van der Waals surface area contributed by atoms with E-state index >= 15 is 0 Å². The van der Waals surface area contributed by atoms with Crippen LogP contribution in [0.5, 0.6) is 5.88 Å². The highest BCUT2D eigenvalue weighted by Gasteiger charge is 2.23. The summed E-state index contributed by atoms with van der Waals surface area (Å²) >= 11 is 1.18. The first-order chi connectivity index (χ1) is 13.8. The zero-order valence-electron chi connectivity index (χ0n) is 16.4. The van der Waals surface area contributed by atoms with Crippen molar-refractivity contribution in [3.05, 3.63) is 47.7 Å². The molecular formula is C21H28N3O3S+. The molecule has 1 N–H and O–H groups in total. The lowest BCUT2D eigenvalue weighted by Gasteiger charge is -2.23. The van der Waals surface area contributed by atoms with Gasteiger partial charge in [-0.3, -0.25) is 4.90 Å². The van der Waals surface area contributed by atoms with Crippen LogP contribution in [0.2, 0.25) is 0 Å². The van der Waals surface area contributed by atoms with Gasteiger partial charge in [0.1, 0.15) is 12.2 Å². The van der Waals surface area contributed by atoms with Crippen molar-refractivity contribution in [2.75, 3.05) is 26.4 Å². The van der Waals surface area contributed by atoms with Gasteiger partial charge >= 0.3 is 5.97 Å². The summed E-state index contributed by atoms with van der Waals surface area (Å²) in [5.41, 5.74) is 2.54. The van der Waals surface area contributed by atoms with Gasteiger partial charge in [-0.2, -0.15) is 4.37 Å². The first-order valence-corrected chi connectivity index (χ1v) is 10.7. The number of quaternary nitrogens is 1. The molecule has 1 atom stereocenters. The fourth-order valence-electron chi connectivity index (χ4n) is 3.18. The standard InChI is InChI=1S/C21H27N3O3S/c1-2-3-4-8-14-26-20-19(22-28-23-20)18-12-9-13-24(15-18)16-27-21(25)17-10-6-5-7-11-17/h5-7,10-12H,2-4,8-9,13-16H2,1H3/p+1. The number of carbonyl (C=O) groups excluding carboxylic acids is 1. The van der Waals surface area contributed by atoms with Crippen LogP contribution < -0.4 is 9.64 Å². The molecule has 0 radical (unpaired) electrons. The number of ether oxygens (including phenoxy) is 2. The highest BCUT2D eigenvalue weighted by Crippen LogP contribution is 2.24. The van der Waals surface area contributed by atoms with E-state index in [0.717, 1.165) is 37.2 Å². The van der Waals surface area contributed by atoms with Crippen molar-refractivity contribution in [1.82, 2.24) is 8.75 Å². The second-order valence-electron chi connectivity index (χ2n) is 6.96. The minimum atomic E-state index is -0.282. The molecule has 2 aromatic rings. The van der Waals surface area contributed by atoms with Crippen LogP contribution in [-0.2, 0) is 4.74 Å². The quantitative estimate of drug-likeness (QED) is 0.489. The van der Waals surface area contributed by atoms with Gasteiger partial charge in [-0.1, -0.05) is 50.5 Å². The Morgan fingerprint density at radius 3 is 2.86 bits per heavy atom. The Labute approximate surface area is 170 Å². The smallest absolute Gasteiger partial charge is 0.342 e. The molecule has 150 valence electrons. The van der Waals surface area contributed by atoms with Gasteiger partial charge in [0.05, 0.1) is 30.4 Å². The summed E-state index contributed by atoms with van der Waals surface area (Å²) in [5.74, 6) is 0.353. The van der Waals surface area contributed by atoms with Crippen LogP contribution in [0.4, 0.5) is 0 Å². The van der Waals surface area contributed by atoms with Gasteiger partial charge in [0.25, 0.3) is 5.88 Å². The third-order valence-corrected chi connectivity index (χ3v) is 5.26. The Morgan fingerprint density at radius 2 is 2.04 bits per heavy atom. The summed E-state index contributed by atoms with van der Waals surface area (Å²) < 4.78 is 20.1. The average molecular weight is 403 g/mol. The highest BCUT2D eigenvalue weighted by molar-refractivity contribution is 6.99. The van der Waals surface area contributed by atoms with Crippen molar-refractivity contribution in [1.29, 1.82) is 0 Å². The zero-order valence-corrected chi connectivity index (χ0v) is 17.2. The molecule has 0 amide bonds. The number of rotatable bonds is 10. The molecule has 2 heterocycles. The van der Waals surface area contributed by atoms with Crippen molar-refractivity contribution in [3.63, 3.8) is 0 Å². The van der Waals surface area contributed by atoms with Crippen LogP contribution in [0.1, 0.15) is 55.1 Å². The number of hydrogen-bond acceptors (Lipinski definition) is 6. The molecule has 28 heavy (non-hydrogen) atoms. The first kappa shape index (κ1) is 20.5. The van der Waals surface area contributed by atoms with E-state index in [1.807, 2.05) is 18.2 Å². The third-order valence-electron chi connectivity index (χ3n) is 4.75. The highest BCUT2D eigenvalue weighted by atomic mass is 32.1. The normalized spacial score (nSPS) is 16.5. The minimum Gasteiger partial charge on any atom is -0.475 e. The molecule has 3 rings (SSSR count). The van der Waals surface area contributed by atoms with Crippen LogP contribution >= 0.6 is 11.7 Å². The lowest BCUT2D eigenvalue weighted by Crippen LogP contribution is -3.13. The zero-order chi connectivity index (χ0) is 19.6. The molecule has 0 fully saturated rings. The third kappa shape index (κ3) is 5.87. The molecule has 0 bridgehead atoms. The number of benzene rings is 1. The van der Waals surface area contributed by atoms with Crippen LogP contribution in [-0.4, -0.2) is 41.1 Å². The molecule has 0 spiro atoms. The molecule has 1 aliphatic rings. The van der Waals surface area contributed by atoms with Gasteiger partial charge in [-0.25, -0.2) is 4.79 Å². The largest absolute Gasteiger partial charge is 0.475 e. The van der Waals surface area contributed by atoms with Crippen molar-refractivity contribution >= 4 is 23.3 Å². The van der Waals surface area contributed by atoms with E-state index in [2.05, 4.69) is 21.7 Å². The predicted molar refractivity (Wildman–Crippen MR) is 110 cm³/mol. The van der Waals surface area contributed by atoms with E-state index in [9.17, 15) is 4.79 Å². The Balaban J connectivity index is 1.50. The summed E-state index contributed by atoms with van der Waals surface area (Å²) in [6, 6.07) is 9.10. The van der Waals surface area contributed by atoms with Crippen LogP contribution in [0.3, 0.4) is 0 Å². The van der Waals surface area contributed by atoms with Crippen LogP contribution in [0.25, 0.3) is 5.57 Å². The fraction of sp³-hybridized carbons (Fsp3) is 0.476. The minimum absolute atomic E-state index is 0.282. The molecule has 6 nitrogen and oxygen atoms in total. The van der Waals surface area contributed by atoms with E-state index in [-0.39, 0.29) is 5.97 Å². The summed E-state index contributed by atoms with van der Waals surface area (Å²) in [6.07, 6.45) is 7.78. The number of nitrogens with zero attached hydrogens (tertiary/aromatic N) is 2. The molecule has 1 aliphatic heterocycles. The fourth-order valence-corrected chi connectivity index (χ4v) is 3.71. The van der Waals surface area contributed by atoms with E-state index in [0.29, 0.717) is 24.8 Å². The first-order valence-electron chi connectivity index (χ1n) is 9.98. The van der Waals surface area contributed by atoms with Crippen molar-refractivity contribution < 1.29 is 19.2 Å². The van der Waals surface area contributed by atoms with Crippen molar-refractivity contribution in [2.45, 2.75) is 39.0 Å². The van der Waals surface area contributed by atoms with E-state index in [4.69, 9.17) is 9.47 Å². The monoisotopic (exact) mass is 402 g/mol. The number of hydrogen-bond donors (Lipinski definition) is 1. The number of carbonyl (C=O) groups is 1. The number of nitrogens with one attached hydrogen (secondary N) is 1. The molecule has 1 aromatic heterocycles. The van der Waals surface area contributed by atoms with Crippen LogP contribution in [0.15, 0.2) is 36.4 Å². The molecule has 1 unspecified atom stereocenters. The van der Waals surface area contributed by atoms with Gasteiger partial charge in [-0.15, -0.1) is 4.37 Å². The Hall–Kier alpha value is -2.25. The molecule has 1 aromatic carbocycles. The summed E-state index contributed by atoms with van der Waals surface area (Å²) in [7, 11) is 0. The maximum absolute atomic E-state index is 12.2. The maximum atomic E-state index is 12.2. The van der Waals surface area contributed by atoms with E-state index in [1.165, 1.54) is 35.9 Å². The topological polar surface area (TPSA) is 65.8 Å². The molecule has 0 saturated heterocycles. The summed E-state index contributed by atoms with van der Waals surface area (Å²) in [5, 5.41) is 0. The molecule has 0 saturated carbocycles. The SMILES string of the molecule is CCCCCCOc1nsnc1C1=CCC[NH+](COC(=O)c2ccccc2)C1. The van der Waals surface area contributed by atoms with Crippen molar-refractivity contribution in [3.8, 4) is 5.88 Å².